The van der Waals surface area contributed by atoms with E-state index in [1.165, 1.54) is 67.2 Å². The fourth-order valence-electron chi connectivity index (χ4n) is 3.47. The second-order valence-corrected chi connectivity index (χ2v) is 7.45. The van der Waals surface area contributed by atoms with Crippen molar-refractivity contribution in [1.82, 2.24) is 0 Å². The summed E-state index contributed by atoms with van der Waals surface area (Å²) in [6.45, 7) is 12.3. The van der Waals surface area contributed by atoms with Gasteiger partial charge in [-0.15, -0.1) is 0 Å². The quantitative estimate of drug-likeness (QED) is 0.435. The molecule has 0 saturated heterocycles. The van der Waals surface area contributed by atoms with Gasteiger partial charge < -0.3 is 0 Å². The van der Waals surface area contributed by atoms with E-state index < -0.39 is 0 Å². The van der Waals surface area contributed by atoms with Gasteiger partial charge in [-0.1, -0.05) is 113 Å². The van der Waals surface area contributed by atoms with Crippen molar-refractivity contribution in [2.45, 2.75) is 85.5 Å². The Kier molecular flexibility index (Phi) is 13.6. The minimum absolute atomic E-state index is 1.16. The minimum Gasteiger partial charge on any atom is -0.0988 e. The van der Waals surface area contributed by atoms with Gasteiger partial charge in [-0.05, 0) is 68.1 Å². The second kappa shape index (κ2) is 15.8. The Bertz CT molecular complexity index is 692. The molecule has 3 rings (SSSR count). The van der Waals surface area contributed by atoms with Crippen molar-refractivity contribution in [2.24, 2.45) is 0 Å². The monoisotopic (exact) mass is 390 g/mol. The van der Waals surface area contributed by atoms with Crippen molar-refractivity contribution < 1.29 is 0 Å². The molecule has 158 valence electrons. The van der Waals surface area contributed by atoms with Crippen LogP contribution in [0.1, 0.15) is 83.8 Å². The van der Waals surface area contributed by atoms with Crippen LogP contribution in [0.2, 0.25) is 0 Å². The molecular weight excluding hydrogens is 348 g/mol. The Balaban J connectivity index is 0.000000351. The summed E-state index contributed by atoms with van der Waals surface area (Å²) in [6.07, 6.45) is 24.1. The molecular formula is C29H42. The normalized spacial score (nSPS) is 15.0. The third-order valence-corrected chi connectivity index (χ3v) is 5.31. The number of allylic oxidation sites excluding steroid dienone is 9. The smallest absolute Gasteiger partial charge is 0.0241 e. The number of hydrogen-bond acceptors (Lipinski definition) is 0. The highest BCUT2D eigenvalue weighted by Gasteiger charge is 2.04. The summed E-state index contributed by atoms with van der Waals surface area (Å²) in [5.41, 5.74) is 7.35. The van der Waals surface area contributed by atoms with Crippen LogP contribution in [0.4, 0.5) is 0 Å². The van der Waals surface area contributed by atoms with Crippen molar-refractivity contribution >= 4 is 0 Å². The van der Waals surface area contributed by atoms with Crippen molar-refractivity contribution in [3.05, 3.63) is 95.1 Å². The van der Waals surface area contributed by atoms with E-state index in [0.717, 1.165) is 12.8 Å². The number of hydrogen-bond donors (Lipinski definition) is 0. The van der Waals surface area contributed by atoms with E-state index in [1.54, 1.807) is 5.57 Å². The van der Waals surface area contributed by atoms with Crippen molar-refractivity contribution in [3.8, 4) is 0 Å². The van der Waals surface area contributed by atoms with Crippen LogP contribution in [-0.4, -0.2) is 0 Å². The lowest BCUT2D eigenvalue weighted by molar-refractivity contribution is 0.825. The third-order valence-electron chi connectivity index (χ3n) is 5.31. The molecule has 2 aliphatic rings. The largest absolute Gasteiger partial charge is 0.0988 e. The SMILES string of the molecule is C=CC1=CC=C(CCc2ccc(CCC)cc2)CC1.CC.CCC1=CCCC=C1. The highest BCUT2D eigenvalue weighted by atomic mass is 14.1. The molecule has 0 bridgehead atoms. The first-order chi connectivity index (χ1) is 14.2. The Labute approximate surface area is 180 Å². The molecule has 0 unspecified atom stereocenters. The van der Waals surface area contributed by atoms with Gasteiger partial charge >= 0.3 is 0 Å². The van der Waals surface area contributed by atoms with Crippen molar-refractivity contribution in [1.29, 1.82) is 0 Å². The van der Waals surface area contributed by atoms with Crippen molar-refractivity contribution in [3.63, 3.8) is 0 Å². The summed E-state index contributed by atoms with van der Waals surface area (Å²) in [6, 6.07) is 9.15. The van der Waals surface area contributed by atoms with Gasteiger partial charge in [0.2, 0.25) is 0 Å². The van der Waals surface area contributed by atoms with E-state index in [0.29, 0.717) is 0 Å². The first-order valence-electron chi connectivity index (χ1n) is 11.7. The lowest BCUT2D eigenvalue weighted by atomic mass is 9.93. The predicted octanol–water partition coefficient (Wildman–Crippen LogP) is 9.10. The third kappa shape index (κ3) is 10.3. The van der Waals surface area contributed by atoms with E-state index in [9.17, 15) is 0 Å². The van der Waals surface area contributed by atoms with Crippen LogP contribution in [0.5, 0.6) is 0 Å². The summed E-state index contributed by atoms with van der Waals surface area (Å²) in [7, 11) is 0. The van der Waals surface area contributed by atoms with E-state index in [1.807, 2.05) is 19.9 Å². The van der Waals surface area contributed by atoms with Crippen LogP contribution >= 0.6 is 0 Å². The predicted molar refractivity (Wildman–Crippen MR) is 132 cm³/mol. The number of rotatable bonds is 7. The maximum atomic E-state index is 3.83. The van der Waals surface area contributed by atoms with Gasteiger partial charge in [0.1, 0.15) is 0 Å². The fourth-order valence-corrected chi connectivity index (χ4v) is 3.47. The Morgan fingerprint density at radius 1 is 0.862 bits per heavy atom. The van der Waals surface area contributed by atoms with Gasteiger partial charge in [-0.2, -0.15) is 0 Å². The van der Waals surface area contributed by atoms with Gasteiger partial charge in [-0.3, -0.25) is 0 Å². The molecule has 0 nitrogen and oxygen atoms in total. The highest BCUT2D eigenvalue weighted by Crippen LogP contribution is 2.22. The van der Waals surface area contributed by atoms with E-state index in [4.69, 9.17) is 0 Å². The Morgan fingerprint density at radius 3 is 2.00 bits per heavy atom. The fraction of sp³-hybridized carbons (Fsp3) is 0.448. The van der Waals surface area contributed by atoms with Gasteiger partial charge in [0.25, 0.3) is 0 Å². The van der Waals surface area contributed by atoms with Crippen LogP contribution in [0, 0.1) is 0 Å². The second-order valence-electron chi connectivity index (χ2n) is 7.45. The molecule has 0 N–H and O–H groups in total. The van der Waals surface area contributed by atoms with Gasteiger partial charge in [0, 0.05) is 0 Å². The van der Waals surface area contributed by atoms with Crippen LogP contribution in [-0.2, 0) is 12.8 Å². The average molecular weight is 391 g/mol. The topological polar surface area (TPSA) is 0 Å². The molecule has 0 radical (unpaired) electrons. The van der Waals surface area contributed by atoms with Crippen LogP contribution < -0.4 is 0 Å². The maximum absolute atomic E-state index is 3.83. The van der Waals surface area contributed by atoms with Crippen LogP contribution in [0.3, 0.4) is 0 Å². The van der Waals surface area contributed by atoms with Crippen molar-refractivity contribution in [2.75, 3.05) is 0 Å². The highest BCUT2D eigenvalue weighted by molar-refractivity contribution is 5.31. The van der Waals surface area contributed by atoms with E-state index in [-0.39, 0.29) is 0 Å². The molecule has 0 heterocycles. The Morgan fingerprint density at radius 2 is 1.55 bits per heavy atom. The molecule has 0 heteroatoms. The molecule has 0 amide bonds. The zero-order chi connectivity index (χ0) is 21.3. The summed E-state index contributed by atoms with van der Waals surface area (Å²) in [5, 5.41) is 0. The number of aryl methyl sites for hydroxylation is 2. The minimum atomic E-state index is 1.16. The van der Waals surface area contributed by atoms with Gasteiger partial charge in [0.05, 0.1) is 0 Å². The van der Waals surface area contributed by atoms with E-state index >= 15 is 0 Å². The molecule has 0 saturated carbocycles. The van der Waals surface area contributed by atoms with Crippen LogP contribution in [0.15, 0.2) is 84.0 Å². The maximum Gasteiger partial charge on any atom is -0.0241 e. The zero-order valence-electron chi connectivity index (χ0n) is 19.3. The summed E-state index contributed by atoms with van der Waals surface area (Å²) < 4.78 is 0. The number of benzene rings is 1. The molecule has 0 atom stereocenters. The molecule has 0 aliphatic heterocycles. The lowest BCUT2D eigenvalue weighted by Crippen LogP contribution is -1.95. The lowest BCUT2D eigenvalue weighted by Gasteiger charge is -2.12. The van der Waals surface area contributed by atoms with Crippen LogP contribution in [0.25, 0.3) is 0 Å². The molecule has 0 aromatic heterocycles. The summed E-state index contributed by atoms with van der Waals surface area (Å²) >= 11 is 0. The zero-order valence-corrected chi connectivity index (χ0v) is 19.3. The Hall–Kier alpha value is -2.08. The molecule has 1 aromatic carbocycles. The molecule has 0 fully saturated rings. The van der Waals surface area contributed by atoms with Gasteiger partial charge in [-0.25, -0.2) is 0 Å². The molecule has 29 heavy (non-hydrogen) atoms. The summed E-state index contributed by atoms with van der Waals surface area (Å²) in [4.78, 5) is 0. The van der Waals surface area contributed by atoms with E-state index in [2.05, 4.69) is 75.1 Å². The first-order valence-corrected chi connectivity index (χ1v) is 11.7. The average Bonchev–Trinajstić information content (AvgIpc) is 2.81. The summed E-state index contributed by atoms with van der Waals surface area (Å²) in [5.74, 6) is 0. The first kappa shape index (κ1) is 25.0. The standard InChI is InChI=1S/C19H24.C8H12.C2H6/c1-3-5-17-10-12-19(13-11-17)15-14-18-8-6-16(4-2)7-9-18;1-2-8-6-4-3-5-7-8;1-2/h4,6,8,10-13H,2-3,5,7,9,14-15H2,1H3;4,6-7H,2-3,5H2,1H3;1-2H3. The van der Waals surface area contributed by atoms with Gasteiger partial charge in [0.15, 0.2) is 0 Å². The molecule has 1 aromatic rings. The molecule has 0 spiro atoms. The molecule has 2 aliphatic carbocycles.